The summed E-state index contributed by atoms with van der Waals surface area (Å²) in [5.41, 5.74) is 9.52. The van der Waals surface area contributed by atoms with Gasteiger partial charge in [-0.15, -0.1) is 11.8 Å². The number of amides is 1. The lowest BCUT2D eigenvalue weighted by molar-refractivity contribution is -0.115. The molecular formula is C18H22N2OS. The second-order valence-corrected chi connectivity index (χ2v) is 6.62. The van der Waals surface area contributed by atoms with E-state index in [2.05, 4.69) is 5.32 Å². The zero-order valence-corrected chi connectivity index (χ0v) is 14.0. The van der Waals surface area contributed by atoms with Gasteiger partial charge in [-0.25, -0.2) is 0 Å². The minimum Gasteiger partial charge on any atom is -0.399 e. The van der Waals surface area contributed by atoms with Crippen molar-refractivity contribution in [3.8, 4) is 0 Å². The van der Waals surface area contributed by atoms with Crippen molar-refractivity contribution >= 4 is 29.0 Å². The molecule has 2 aromatic carbocycles. The number of carbonyl (C=O) groups is 1. The molecule has 0 aliphatic rings. The van der Waals surface area contributed by atoms with Gasteiger partial charge in [0.1, 0.15) is 0 Å². The molecule has 1 unspecified atom stereocenters. The number of nitrogen functional groups attached to an aromatic ring is 1. The molecular weight excluding hydrogens is 292 g/mol. The number of hydrogen-bond donors (Lipinski definition) is 2. The van der Waals surface area contributed by atoms with Gasteiger partial charge in [0, 0.05) is 16.3 Å². The minimum atomic E-state index is -0.123. The van der Waals surface area contributed by atoms with Crippen LogP contribution in [0, 0.1) is 13.8 Å². The van der Waals surface area contributed by atoms with E-state index in [-0.39, 0.29) is 11.2 Å². The summed E-state index contributed by atoms with van der Waals surface area (Å²) in [5.74, 6) is 0.0433. The average Bonchev–Trinajstić information content (AvgIpc) is 2.50. The first-order valence-corrected chi connectivity index (χ1v) is 8.28. The molecule has 0 fully saturated rings. The SMILES string of the molecule is CCC(Sc1ccc(N)cc1)C(=O)Nc1c(C)cccc1C. The number of aryl methyl sites for hydroxylation is 2. The van der Waals surface area contributed by atoms with Crippen LogP contribution in [0.3, 0.4) is 0 Å². The Morgan fingerprint density at radius 1 is 1.14 bits per heavy atom. The Kier molecular flexibility index (Phi) is 5.50. The Morgan fingerprint density at radius 3 is 2.27 bits per heavy atom. The number of anilines is 2. The summed E-state index contributed by atoms with van der Waals surface area (Å²) < 4.78 is 0. The highest BCUT2D eigenvalue weighted by atomic mass is 32.2. The third-order valence-electron chi connectivity index (χ3n) is 3.55. The molecule has 22 heavy (non-hydrogen) atoms. The second kappa shape index (κ2) is 7.36. The normalized spacial score (nSPS) is 12.0. The Labute approximate surface area is 136 Å². The van der Waals surface area contributed by atoms with E-state index in [1.165, 1.54) is 0 Å². The van der Waals surface area contributed by atoms with Crippen molar-refractivity contribution in [2.24, 2.45) is 0 Å². The van der Waals surface area contributed by atoms with E-state index in [0.29, 0.717) is 0 Å². The first-order valence-electron chi connectivity index (χ1n) is 7.40. The molecule has 0 radical (unpaired) electrons. The molecule has 0 bridgehead atoms. The Hall–Kier alpha value is -1.94. The van der Waals surface area contributed by atoms with Gasteiger partial charge < -0.3 is 11.1 Å². The highest BCUT2D eigenvalue weighted by molar-refractivity contribution is 8.00. The van der Waals surface area contributed by atoms with Gasteiger partial charge in [0.2, 0.25) is 5.91 Å². The molecule has 0 spiro atoms. The van der Waals surface area contributed by atoms with Crippen molar-refractivity contribution in [3.63, 3.8) is 0 Å². The molecule has 0 heterocycles. The summed E-state index contributed by atoms with van der Waals surface area (Å²) in [6.07, 6.45) is 0.770. The molecule has 116 valence electrons. The number of para-hydroxylation sites is 1. The van der Waals surface area contributed by atoms with Crippen molar-refractivity contribution in [3.05, 3.63) is 53.6 Å². The lowest BCUT2D eigenvalue weighted by Crippen LogP contribution is -2.25. The second-order valence-electron chi connectivity index (χ2n) is 5.34. The van der Waals surface area contributed by atoms with Gasteiger partial charge in [0.05, 0.1) is 5.25 Å². The van der Waals surface area contributed by atoms with Gasteiger partial charge in [0.15, 0.2) is 0 Å². The first-order chi connectivity index (χ1) is 10.5. The fourth-order valence-corrected chi connectivity index (χ4v) is 3.20. The molecule has 2 rings (SSSR count). The maximum atomic E-state index is 12.6. The average molecular weight is 314 g/mol. The summed E-state index contributed by atoms with van der Waals surface area (Å²) in [5, 5.41) is 2.95. The summed E-state index contributed by atoms with van der Waals surface area (Å²) in [6.45, 7) is 6.05. The lowest BCUT2D eigenvalue weighted by Gasteiger charge is -2.17. The van der Waals surface area contributed by atoms with Gasteiger partial charge in [-0.05, 0) is 55.7 Å². The molecule has 3 N–H and O–H groups in total. The van der Waals surface area contributed by atoms with Gasteiger partial charge in [-0.3, -0.25) is 4.79 Å². The summed E-state index contributed by atoms with van der Waals surface area (Å²) in [7, 11) is 0. The third-order valence-corrected chi connectivity index (χ3v) is 4.93. The maximum Gasteiger partial charge on any atom is 0.237 e. The number of thioether (sulfide) groups is 1. The fourth-order valence-electron chi connectivity index (χ4n) is 2.25. The molecule has 0 aromatic heterocycles. The van der Waals surface area contributed by atoms with Gasteiger partial charge in [0.25, 0.3) is 0 Å². The monoisotopic (exact) mass is 314 g/mol. The fraction of sp³-hybridized carbons (Fsp3) is 0.278. The minimum absolute atomic E-state index is 0.0433. The number of carbonyl (C=O) groups excluding carboxylic acids is 1. The molecule has 0 aliphatic carbocycles. The smallest absolute Gasteiger partial charge is 0.237 e. The van der Waals surface area contributed by atoms with Crippen LogP contribution in [-0.2, 0) is 4.79 Å². The maximum absolute atomic E-state index is 12.6. The van der Waals surface area contributed by atoms with Crippen molar-refractivity contribution in [1.82, 2.24) is 0 Å². The van der Waals surface area contributed by atoms with Crippen LogP contribution >= 0.6 is 11.8 Å². The van der Waals surface area contributed by atoms with Crippen LogP contribution in [0.4, 0.5) is 11.4 Å². The van der Waals surface area contributed by atoms with Crippen molar-refractivity contribution < 1.29 is 4.79 Å². The molecule has 0 saturated carbocycles. The molecule has 3 nitrogen and oxygen atoms in total. The Bertz CT molecular complexity index is 632. The largest absolute Gasteiger partial charge is 0.399 e. The van der Waals surface area contributed by atoms with Gasteiger partial charge >= 0.3 is 0 Å². The molecule has 0 aliphatic heterocycles. The van der Waals surface area contributed by atoms with Gasteiger partial charge in [-0.2, -0.15) is 0 Å². The van der Waals surface area contributed by atoms with Crippen LogP contribution in [-0.4, -0.2) is 11.2 Å². The van der Waals surface area contributed by atoms with Crippen LogP contribution in [0.15, 0.2) is 47.4 Å². The van der Waals surface area contributed by atoms with E-state index >= 15 is 0 Å². The molecule has 1 amide bonds. The van der Waals surface area contributed by atoms with Crippen molar-refractivity contribution in [2.45, 2.75) is 37.3 Å². The van der Waals surface area contributed by atoms with E-state index in [4.69, 9.17) is 5.73 Å². The van der Waals surface area contributed by atoms with Crippen LogP contribution in [0.25, 0.3) is 0 Å². The first kappa shape index (κ1) is 16.4. The van der Waals surface area contributed by atoms with Crippen LogP contribution in [0.5, 0.6) is 0 Å². The summed E-state index contributed by atoms with van der Waals surface area (Å²) >= 11 is 1.57. The summed E-state index contributed by atoms with van der Waals surface area (Å²) in [4.78, 5) is 13.6. The highest BCUT2D eigenvalue weighted by Gasteiger charge is 2.19. The number of benzene rings is 2. The molecule has 1 atom stereocenters. The van der Waals surface area contributed by atoms with E-state index in [9.17, 15) is 4.79 Å². The topological polar surface area (TPSA) is 55.1 Å². The number of hydrogen-bond acceptors (Lipinski definition) is 3. The van der Waals surface area contributed by atoms with Crippen molar-refractivity contribution in [2.75, 3.05) is 11.1 Å². The standard InChI is InChI=1S/C18H22N2OS/c1-4-16(22-15-10-8-14(19)9-11-15)18(21)20-17-12(2)6-5-7-13(17)3/h5-11,16H,4,19H2,1-3H3,(H,20,21). The van der Waals surface area contributed by atoms with Crippen LogP contribution in [0.2, 0.25) is 0 Å². The molecule has 0 saturated heterocycles. The zero-order chi connectivity index (χ0) is 16.1. The van der Waals surface area contributed by atoms with Crippen LogP contribution < -0.4 is 11.1 Å². The highest BCUT2D eigenvalue weighted by Crippen LogP contribution is 2.28. The van der Waals surface area contributed by atoms with Crippen LogP contribution in [0.1, 0.15) is 24.5 Å². The van der Waals surface area contributed by atoms with E-state index in [1.807, 2.05) is 63.2 Å². The van der Waals surface area contributed by atoms with E-state index < -0.39 is 0 Å². The predicted molar refractivity (Wildman–Crippen MR) is 95.3 cm³/mol. The number of rotatable bonds is 5. The Morgan fingerprint density at radius 2 is 1.73 bits per heavy atom. The predicted octanol–water partition coefficient (Wildman–Crippen LogP) is 4.40. The van der Waals surface area contributed by atoms with E-state index in [0.717, 1.165) is 33.8 Å². The number of nitrogens with two attached hydrogens (primary N) is 1. The zero-order valence-electron chi connectivity index (χ0n) is 13.2. The van der Waals surface area contributed by atoms with Gasteiger partial charge in [-0.1, -0.05) is 25.1 Å². The Balaban J connectivity index is 2.10. The molecule has 4 heteroatoms. The quantitative estimate of drug-likeness (QED) is 0.635. The van der Waals surface area contributed by atoms with Crippen molar-refractivity contribution in [1.29, 1.82) is 0 Å². The molecule has 2 aromatic rings. The lowest BCUT2D eigenvalue weighted by atomic mass is 10.1. The number of nitrogens with one attached hydrogen (secondary N) is 1. The third kappa shape index (κ3) is 4.04. The summed E-state index contributed by atoms with van der Waals surface area (Å²) in [6, 6.07) is 13.6. The van der Waals surface area contributed by atoms with E-state index in [1.54, 1.807) is 11.8 Å².